The van der Waals surface area contributed by atoms with Crippen LogP contribution in [0.15, 0.2) is 18.2 Å². The molecule has 0 saturated heterocycles. The van der Waals surface area contributed by atoms with Crippen molar-refractivity contribution in [2.75, 3.05) is 0 Å². The number of primary amides is 1. The van der Waals surface area contributed by atoms with Crippen LogP contribution in [0.1, 0.15) is 27.2 Å². The maximum absolute atomic E-state index is 11.4. The highest BCUT2D eigenvalue weighted by Gasteiger charge is 2.36. The molecule has 0 aliphatic heterocycles. The molecule has 1 amide bonds. The van der Waals surface area contributed by atoms with E-state index < -0.39 is 11.3 Å². The van der Waals surface area contributed by atoms with Gasteiger partial charge in [0.25, 0.3) is 0 Å². The van der Waals surface area contributed by atoms with Crippen LogP contribution in [0.3, 0.4) is 0 Å². The van der Waals surface area contributed by atoms with Crippen molar-refractivity contribution in [3.05, 3.63) is 28.2 Å². The van der Waals surface area contributed by atoms with Gasteiger partial charge < -0.3 is 10.5 Å². The number of rotatable bonds is 5. The van der Waals surface area contributed by atoms with Gasteiger partial charge in [0.1, 0.15) is 11.9 Å². The fraction of sp³-hybridized carbons (Fsp3) is 0.462. The van der Waals surface area contributed by atoms with Crippen molar-refractivity contribution in [3.8, 4) is 5.75 Å². The molecule has 3 nitrogen and oxygen atoms in total. The smallest absolute Gasteiger partial charge is 0.226 e. The minimum absolute atomic E-state index is 0.356. The van der Waals surface area contributed by atoms with Crippen LogP contribution in [0.25, 0.3) is 0 Å². The second-order valence-corrected chi connectivity index (χ2v) is 5.52. The highest BCUT2D eigenvalue weighted by atomic mass is 35.5. The summed E-state index contributed by atoms with van der Waals surface area (Å²) < 4.78 is 5.78. The molecule has 0 aromatic heterocycles. The van der Waals surface area contributed by atoms with E-state index in [1.807, 2.05) is 6.92 Å². The summed E-state index contributed by atoms with van der Waals surface area (Å²) >= 11 is 11.9. The molecule has 100 valence electrons. The molecule has 1 unspecified atom stereocenters. The summed E-state index contributed by atoms with van der Waals surface area (Å²) in [7, 11) is 0. The fourth-order valence-electron chi connectivity index (χ4n) is 1.62. The number of nitrogens with two attached hydrogens (primary N) is 1. The number of hydrogen-bond donors (Lipinski definition) is 1. The molecular formula is C13H17Cl2NO2. The molecule has 0 fully saturated rings. The lowest BCUT2D eigenvalue weighted by Crippen LogP contribution is -2.44. The topological polar surface area (TPSA) is 52.3 Å². The van der Waals surface area contributed by atoms with E-state index in [9.17, 15) is 4.79 Å². The van der Waals surface area contributed by atoms with Gasteiger partial charge in [-0.15, -0.1) is 0 Å². The fourth-order valence-corrected chi connectivity index (χ4v) is 1.94. The molecule has 18 heavy (non-hydrogen) atoms. The van der Waals surface area contributed by atoms with E-state index in [4.69, 9.17) is 33.7 Å². The highest BCUT2D eigenvalue weighted by Crippen LogP contribution is 2.33. The molecule has 0 spiro atoms. The van der Waals surface area contributed by atoms with Gasteiger partial charge in [0, 0.05) is 11.1 Å². The van der Waals surface area contributed by atoms with Crippen LogP contribution < -0.4 is 10.5 Å². The normalized spacial score (nSPS) is 13.2. The van der Waals surface area contributed by atoms with Crippen LogP contribution in [0.2, 0.25) is 10.0 Å². The summed E-state index contributed by atoms with van der Waals surface area (Å²) in [6.07, 6.45) is 0.282. The monoisotopic (exact) mass is 289 g/mol. The van der Waals surface area contributed by atoms with Gasteiger partial charge in [-0.25, -0.2) is 0 Å². The summed E-state index contributed by atoms with van der Waals surface area (Å²) in [5.74, 6) is 0.0536. The maximum Gasteiger partial charge on any atom is 0.226 e. The number of benzene rings is 1. The molecule has 1 aromatic carbocycles. The second-order valence-electron chi connectivity index (χ2n) is 4.68. The Labute approximate surface area is 117 Å². The average molecular weight is 290 g/mol. The maximum atomic E-state index is 11.4. The quantitative estimate of drug-likeness (QED) is 0.899. The third-order valence-corrected chi connectivity index (χ3v) is 3.52. The molecule has 1 aromatic rings. The minimum Gasteiger partial charge on any atom is -0.488 e. The third kappa shape index (κ3) is 3.30. The first-order chi connectivity index (χ1) is 8.28. The molecule has 1 rings (SSSR count). The SMILES string of the molecule is CCC(Oc1cc(Cl)ccc1Cl)C(C)(C)C(N)=O. The summed E-state index contributed by atoms with van der Waals surface area (Å²) in [6, 6.07) is 4.96. The number of carbonyl (C=O) groups is 1. The van der Waals surface area contributed by atoms with Crippen LogP contribution >= 0.6 is 23.2 Å². The Balaban J connectivity index is 3.00. The van der Waals surface area contributed by atoms with Crippen molar-refractivity contribution in [1.29, 1.82) is 0 Å². The molecule has 5 heteroatoms. The molecular weight excluding hydrogens is 273 g/mol. The third-order valence-electron chi connectivity index (χ3n) is 2.97. The first kappa shape index (κ1) is 15.1. The minimum atomic E-state index is -0.777. The first-order valence-corrected chi connectivity index (χ1v) is 6.46. The number of amides is 1. The zero-order chi connectivity index (χ0) is 13.9. The largest absolute Gasteiger partial charge is 0.488 e. The zero-order valence-corrected chi connectivity index (χ0v) is 12.2. The van der Waals surface area contributed by atoms with Crippen LogP contribution in [0.4, 0.5) is 0 Å². The number of carbonyl (C=O) groups excluding carboxylic acids is 1. The summed E-state index contributed by atoms with van der Waals surface area (Å²) in [5.41, 5.74) is 4.61. The summed E-state index contributed by atoms with van der Waals surface area (Å²) in [6.45, 7) is 5.43. The van der Waals surface area contributed by atoms with Crippen molar-refractivity contribution in [2.24, 2.45) is 11.1 Å². The molecule has 0 radical (unpaired) electrons. The van der Waals surface area contributed by atoms with E-state index in [1.54, 1.807) is 32.0 Å². The lowest BCUT2D eigenvalue weighted by Gasteiger charge is -2.31. The molecule has 0 heterocycles. The Morgan fingerprint density at radius 3 is 2.56 bits per heavy atom. The van der Waals surface area contributed by atoms with Gasteiger partial charge in [-0.05, 0) is 32.4 Å². The predicted octanol–water partition coefficient (Wildman–Crippen LogP) is 3.66. The van der Waals surface area contributed by atoms with Crippen LogP contribution in [-0.4, -0.2) is 12.0 Å². The summed E-state index contributed by atoms with van der Waals surface area (Å²) in [4.78, 5) is 11.4. The van der Waals surface area contributed by atoms with E-state index in [0.29, 0.717) is 22.2 Å². The Morgan fingerprint density at radius 1 is 1.44 bits per heavy atom. The average Bonchev–Trinajstić information content (AvgIpc) is 2.29. The van der Waals surface area contributed by atoms with Crippen molar-refractivity contribution >= 4 is 29.1 Å². The Morgan fingerprint density at radius 2 is 2.06 bits per heavy atom. The molecule has 0 saturated carbocycles. The molecule has 0 aliphatic carbocycles. The lowest BCUT2D eigenvalue weighted by atomic mass is 9.84. The van der Waals surface area contributed by atoms with Crippen molar-refractivity contribution in [2.45, 2.75) is 33.3 Å². The van der Waals surface area contributed by atoms with E-state index in [-0.39, 0.29) is 6.10 Å². The number of halogens is 2. The van der Waals surface area contributed by atoms with E-state index in [0.717, 1.165) is 0 Å². The van der Waals surface area contributed by atoms with Gasteiger partial charge in [-0.3, -0.25) is 4.79 Å². The molecule has 1 atom stereocenters. The number of ether oxygens (including phenoxy) is 1. The van der Waals surface area contributed by atoms with Gasteiger partial charge in [0.15, 0.2) is 0 Å². The van der Waals surface area contributed by atoms with E-state index in [2.05, 4.69) is 0 Å². The van der Waals surface area contributed by atoms with Crippen molar-refractivity contribution < 1.29 is 9.53 Å². The van der Waals surface area contributed by atoms with Gasteiger partial charge in [0.2, 0.25) is 5.91 Å². The van der Waals surface area contributed by atoms with Gasteiger partial charge in [-0.1, -0.05) is 30.1 Å². The van der Waals surface area contributed by atoms with E-state index >= 15 is 0 Å². The Kier molecular flexibility index (Phi) is 4.88. The predicted molar refractivity (Wildman–Crippen MR) is 74.1 cm³/mol. The van der Waals surface area contributed by atoms with Crippen LogP contribution in [-0.2, 0) is 4.79 Å². The van der Waals surface area contributed by atoms with Crippen LogP contribution in [0, 0.1) is 5.41 Å². The Hall–Kier alpha value is -0.930. The van der Waals surface area contributed by atoms with Gasteiger partial charge in [0.05, 0.1) is 10.4 Å². The molecule has 2 N–H and O–H groups in total. The van der Waals surface area contributed by atoms with Gasteiger partial charge >= 0.3 is 0 Å². The second kappa shape index (κ2) is 5.81. The summed E-state index contributed by atoms with van der Waals surface area (Å²) in [5, 5.41) is 0.985. The van der Waals surface area contributed by atoms with Crippen molar-refractivity contribution in [3.63, 3.8) is 0 Å². The lowest BCUT2D eigenvalue weighted by molar-refractivity contribution is -0.130. The van der Waals surface area contributed by atoms with Crippen molar-refractivity contribution in [1.82, 2.24) is 0 Å². The Bertz CT molecular complexity index is 447. The molecule has 0 bridgehead atoms. The highest BCUT2D eigenvalue weighted by molar-refractivity contribution is 6.34. The van der Waals surface area contributed by atoms with Crippen LogP contribution in [0.5, 0.6) is 5.75 Å². The van der Waals surface area contributed by atoms with Gasteiger partial charge in [-0.2, -0.15) is 0 Å². The standard InChI is InChI=1S/C13H17Cl2NO2/c1-4-11(13(2,3)12(16)17)18-10-7-8(14)5-6-9(10)15/h5-7,11H,4H2,1-3H3,(H2,16,17). The van der Waals surface area contributed by atoms with E-state index in [1.165, 1.54) is 0 Å². The molecule has 0 aliphatic rings. The first-order valence-electron chi connectivity index (χ1n) is 5.70. The number of hydrogen-bond acceptors (Lipinski definition) is 2. The zero-order valence-electron chi connectivity index (χ0n) is 10.7.